The highest BCUT2D eigenvalue weighted by Gasteiger charge is 2.52. The van der Waals surface area contributed by atoms with Gasteiger partial charge in [0.15, 0.2) is 5.13 Å². The molecule has 0 spiro atoms. The summed E-state index contributed by atoms with van der Waals surface area (Å²) < 4.78 is 0. The van der Waals surface area contributed by atoms with Crippen LogP contribution >= 0.6 is 23.1 Å². The average molecular weight is 337 g/mol. The number of nitrogens with one attached hydrogen (secondary N) is 1. The van der Waals surface area contributed by atoms with Crippen molar-refractivity contribution < 1.29 is 4.79 Å². The van der Waals surface area contributed by atoms with Crippen LogP contribution in [0.15, 0.2) is 5.38 Å². The fourth-order valence-electron chi connectivity index (χ4n) is 5.38. The number of thioether (sulfide) groups is 1. The van der Waals surface area contributed by atoms with Gasteiger partial charge in [-0.1, -0.05) is 0 Å². The van der Waals surface area contributed by atoms with Crippen molar-refractivity contribution in [3.8, 4) is 0 Å². The lowest BCUT2D eigenvalue weighted by molar-refractivity contribution is -0.115. The molecule has 3 nitrogen and oxygen atoms in total. The van der Waals surface area contributed by atoms with E-state index in [4.69, 9.17) is 4.98 Å². The van der Waals surface area contributed by atoms with E-state index in [9.17, 15) is 4.79 Å². The topological polar surface area (TPSA) is 42.0 Å². The zero-order chi connectivity index (χ0) is 15.2. The zero-order valence-corrected chi connectivity index (χ0v) is 14.8. The number of amides is 1. The molecule has 0 aromatic carbocycles. The SMILES string of the molecule is CSCCC(=O)Nc1nc(C23CC4CC(CC(C4)C2)C3)cs1. The molecule has 22 heavy (non-hydrogen) atoms. The van der Waals surface area contributed by atoms with Crippen LogP contribution in [0.2, 0.25) is 0 Å². The summed E-state index contributed by atoms with van der Waals surface area (Å²) in [5.41, 5.74) is 1.62. The predicted molar refractivity (Wildman–Crippen MR) is 93.6 cm³/mol. The number of hydrogen-bond acceptors (Lipinski definition) is 4. The van der Waals surface area contributed by atoms with E-state index in [0.717, 1.165) is 28.6 Å². The lowest BCUT2D eigenvalue weighted by Gasteiger charge is -2.56. The van der Waals surface area contributed by atoms with E-state index in [1.54, 1.807) is 23.1 Å². The average Bonchev–Trinajstić information content (AvgIpc) is 2.93. The van der Waals surface area contributed by atoms with Crippen LogP contribution in [-0.2, 0) is 10.2 Å². The van der Waals surface area contributed by atoms with Crippen LogP contribution in [0.4, 0.5) is 5.13 Å². The van der Waals surface area contributed by atoms with E-state index in [-0.39, 0.29) is 5.91 Å². The normalized spacial score (nSPS) is 35.8. The van der Waals surface area contributed by atoms with Crippen molar-refractivity contribution in [2.24, 2.45) is 17.8 Å². The second-order valence-corrected chi connectivity index (χ2v) is 9.37. The Kier molecular flexibility index (Phi) is 3.97. The number of aromatic nitrogens is 1. The van der Waals surface area contributed by atoms with Crippen molar-refractivity contribution >= 4 is 34.1 Å². The Balaban J connectivity index is 1.48. The first kappa shape index (κ1) is 15.0. The second kappa shape index (κ2) is 5.82. The van der Waals surface area contributed by atoms with Crippen LogP contribution < -0.4 is 5.32 Å². The Morgan fingerprint density at radius 1 is 1.32 bits per heavy atom. The van der Waals surface area contributed by atoms with Gasteiger partial charge in [0, 0.05) is 23.0 Å². The molecule has 4 fully saturated rings. The lowest BCUT2D eigenvalue weighted by atomic mass is 9.49. The van der Waals surface area contributed by atoms with E-state index in [1.165, 1.54) is 44.2 Å². The van der Waals surface area contributed by atoms with Gasteiger partial charge in [0.2, 0.25) is 5.91 Å². The monoisotopic (exact) mass is 336 g/mol. The molecular weight excluding hydrogens is 312 g/mol. The molecule has 4 aliphatic carbocycles. The van der Waals surface area contributed by atoms with Crippen molar-refractivity contribution in [1.82, 2.24) is 4.98 Å². The molecule has 1 aromatic heterocycles. The molecule has 0 aliphatic heterocycles. The van der Waals surface area contributed by atoms with E-state index < -0.39 is 0 Å². The van der Waals surface area contributed by atoms with Gasteiger partial charge < -0.3 is 5.32 Å². The Morgan fingerprint density at radius 3 is 2.55 bits per heavy atom. The fourth-order valence-corrected chi connectivity index (χ4v) is 6.61. The summed E-state index contributed by atoms with van der Waals surface area (Å²) in [5, 5.41) is 6.01. The molecule has 0 saturated heterocycles. The number of hydrogen-bond donors (Lipinski definition) is 1. The molecule has 0 unspecified atom stereocenters. The standard InChI is InChI=1S/C17H24N2OS2/c1-21-3-2-15(20)19-16-18-14(10-22-16)17-7-11-4-12(8-17)6-13(5-11)9-17/h10-13H,2-9H2,1H3,(H,18,19,20). The van der Waals surface area contributed by atoms with Crippen LogP contribution in [0.5, 0.6) is 0 Å². The maximum absolute atomic E-state index is 11.9. The van der Waals surface area contributed by atoms with Gasteiger partial charge in [-0.2, -0.15) is 11.8 Å². The maximum Gasteiger partial charge on any atom is 0.226 e. The molecule has 5 heteroatoms. The van der Waals surface area contributed by atoms with Gasteiger partial charge in [-0.3, -0.25) is 4.79 Å². The molecule has 1 amide bonds. The van der Waals surface area contributed by atoms with E-state index >= 15 is 0 Å². The van der Waals surface area contributed by atoms with E-state index in [0.29, 0.717) is 11.8 Å². The van der Waals surface area contributed by atoms with Gasteiger partial charge in [0.25, 0.3) is 0 Å². The molecular formula is C17H24N2OS2. The molecule has 1 N–H and O–H groups in total. The summed E-state index contributed by atoms with van der Waals surface area (Å²) in [6.07, 6.45) is 11.0. The fraction of sp³-hybridized carbons (Fsp3) is 0.765. The molecule has 0 radical (unpaired) electrons. The number of thiazole rings is 1. The summed E-state index contributed by atoms with van der Waals surface area (Å²) in [6.45, 7) is 0. The van der Waals surface area contributed by atoms with Crippen LogP contribution in [0, 0.1) is 17.8 Å². The number of carbonyl (C=O) groups excluding carboxylic acids is 1. The highest BCUT2D eigenvalue weighted by atomic mass is 32.2. The number of anilines is 1. The van der Waals surface area contributed by atoms with Crippen molar-refractivity contribution in [3.63, 3.8) is 0 Å². The molecule has 4 aliphatic rings. The summed E-state index contributed by atoms with van der Waals surface area (Å²) in [4.78, 5) is 16.7. The van der Waals surface area contributed by atoms with Gasteiger partial charge in [0.05, 0.1) is 5.69 Å². The van der Waals surface area contributed by atoms with E-state index in [2.05, 4.69) is 10.7 Å². The van der Waals surface area contributed by atoms with Crippen LogP contribution in [0.3, 0.4) is 0 Å². The minimum absolute atomic E-state index is 0.0979. The van der Waals surface area contributed by atoms with Gasteiger partial charge in [0.1, 0.15) is 0 Å². The third kappa shape index (κ3) is 2.71. The second-order valence-electron chi connectivity index (χ2n) is 7.53. The largest absolute Gasteiger partial charge is 0.302 e. The summed E-state index contributed by atoms with van der Waals surface area (Å²) in [5.74, 6) is 3.78. The van der Waals surface area contributed by atoms with Gasteiger partial charge >= 0.3 is 0 Å². The van der Waals surface area contributed by atoms with Crippen LogP contribution in [0.25, 0.3) is 0 Å². The summed E-state index contributed by atoms with van der Waals surface area (Å²) >= 11 is 3.32. The Bertz CT molecular complexity index is 533. The van der Waals surface area contributed by atoms with E-state index in [1.807, 2.05) is 6.26 Å². The molecule has 4 bridgehead atoms. The lowest BCUT2D eigenvalue weighted by Crippen LogP contribution is -2.48. The summed E-state index contributed by atoms with van der Waals surface area (Å²) in [7, 11) is 0. The molecule has 4 saturated carbocycles. The molecule has 5 rings (SSSR count). The Hall–Kier alpha value is -0.550. The van der Waals surface area contributed by atoms with Crippen LogP contribution in [0.1, 0.15) is 50.6 Å². The smallest absolute Gasteiger partial charge is 0.226 e. The van der Waals surface area contributed by atoms with Crippen molar-refractivity contribution in [1.29, 1.82) is 0 Å². The Labute approximate surface area is 140 Å². The van der Waals surface area contributed by atoms with Gasteiger partial charge in [-0.05, 0) is 62.5 Å². The van der Waals surface area contributed by atoms with Gasteiger partial charge in [-0.25, -0.2) is 4.98 Å². The zero-order valence-electron chi connectivity index (χ0n) is 13.1. The quantitative estimate of drug-likeness (QED) is 0.871. The minimum Gasteiger partial charge on any atom is -0.302 e. The Morgan fingerprint density at radius 2 is 1.95 bits per heavy atom. The molecule has 120 valence electrons. The minimum atomic E-state index is 0.0979. The maximum atomic E-state index is 11.9. The first-order valence-electron chi connectivity index (χ1n) is 8.42. The third-order valence-electron chi connectivity index (χ3n) is 5.87. The van der Waals surface area contributed by atoms with Crippen molar-refractivity contribution in [3.05, 3.63) is 11.1 Å². The van der Waals surface area contributed by atoms with Crippen LogP contribution in [-0.4, -0.2) is 22.9 Å². The van der Waals surface area contributed by atoms with Crippen molar-refractivity contribution in [2.45, 2.75) is 50.4 Å². The molecule has 1 aromatic rings. The number of rotatable bonds is 5. The first-order valence-corrected chi connectivity index (χ1v) is 10.7. The predicted octanol–water partition coefficient (Wildman–Crippen LogP) is 4.30. The number of carbonyl (C=O) groups is 1. The third-order valence-corrected chi connectivity index (χ3v) is 7.24. The van der Waals surface area contributed by atoms with Gasteiger partial charge in [-0.15, -0.1) is 11.3 Å². The molecule has 0 atom stereocenters. The first-order chi connectivity index (χ1) is 10.7. The summed E-state index contributed by atoms with van der Waals surface area (Å²) in [6, 6.07) is 0. The highest BCUT2D eigenvalue weighted by molar-refractivity contribution is 7.98. The number of nitrogens with zero attached hydrogens (tertiary/aromatic N) is 1. The highest BCUT2D eigenvalue weighted by Crippen LogP contribution is 2.60. The molecule has 1 heterocycles. The van der Waals surface area contributed by atoms with Crippen molar-refractivity contribution in [2.75, 3.05) is 17.3 Å².